The van der Waals surface area contributed by atoms with Crippen molar-refractivity contribution in [1.82, 2.24) is 4.90 Å². The van der Waals surface area contributed by atoms with Gasteiger partial charge in [0.2, 0.25) is 0 Å². The summed E-state index contributed by atoms with van der Waals surface area (Å²) in [6.45, 7) is 3.89. The lowest BCUT2D eigenvalue weighted by Gasteiger charge is -2.28. The van der Waals surface area contributed by atoms with Crippen molar-refractivity contribution < 1.29 is 14.3 Å². The predicted molar refractivity (Wildman–Crippen MR) is 74.8 cm³/mol. The van der Waals surface area contributed by atoms with E-state index < -0.39 is 11.8 Å². The first-order valence-electron chi connectivity index (χ1n) is 7.17. The highest BCUT2D eigenvalue weighted by molar-refractivity contribution is 5.94. The Morgan fingerprint density at radius 2 is 2.05 bits per heavy atom. The molecule has 5 heteroatoms. The van der Waals surface area contributed by atoms with Crippen LogP contribution in [-0.4, -0.2) is 48.2 Å². The number of aromatic carboxylic acids is 1. The molecular formula is C15H19FN2O2. The van der Waals surface area contributed by atoms with E-state index in [1.54, 1.807) is 6.07 Å². The number of carboxylic acids is 1. The number of carboxylic acid groups (broad SMARTS) is 1. The highest BCUT2D eigenvalue weighted by Crippen LogP contribution is 2.27. The number of rotatable bonds is 2. The molecule has 1 N–H and O–H groups in total. The fourth-order valence-electron chi connectivity index (χ4n) is 3.38. The molecule has 0 saturated carbocycles. The van der Waals surface area contributed by atoms with Crippen molar-refractivity contribution in [3.05, 3.63) is 29.6 Å². The molecule has 4 nitrogen and oxygen atoms in total. The van der Waals surface area contributed by atoms with E-state index >= 15 is 0 Å². The van der Waals surface area contributed by atoms with Gasteiger partial charge in [0.15, 0.2) is 0 Å². The minimum absolute atomic E-state index is 0.0662. The summed E-state index contributed by atoms with van der Waals surface area (Å²) in [7, 11) is 0. The van der Waals surface area contributed by atoms with Crippen LogP contribution in [0, 0.1) is 5.82 Å². The summed E-state index contributed by atoms with van der Waals surface area (Å²) in [6, 6.07) is 4.57. The van der Waals surface area contributed by atoms with E-state index in [1.165, 1.54) is 18.9 Å². The Morgan fingerprint density at radius 1 is 1.25 bits per heavy atom. The first-order valence-corrected chi connectivity index (χ1v) is 7.17. The number of anilines is 1. The molecule has 1 atom stereocenters. The van der Waals surface area contributed by atoms with Crippen LogP contribution in [0.5, 0.6) is 0 Å². The molecule has 20 heavy (non-hydrogen) atoms. The van der Waals surface area contributed by atoms with E-state index in [4.69, 9.17) is 0 Å². The zero-order valence-electron chi connectivity index (χ0n) is 11.4. The van der Waals surface area contributed by atoms with Gasteiger partial charge in [-0.15, -0.1) is 0 Å². The highest BCUT2D eigenvalue weighted by atomic mass is 19.1. The zero-order chi connectivity index (χ0) is 14.1. The highest BCUT2D eigenvalue weighted by Gasteiger charge is 2.30. The third-order valence-corrected chi connectivity index (χ3v) is 4.33. The summed E-state index contributed by atoms with van der Waals surface area (Å²) < 4.78 is 13.3. The first-order chi connectivity index (χ1) is 9.65. The van der Waals surface area contributed by atoms with Gasteiger partial charge in [-0.05, 0) is 44.0 Å². The van der Waals surface area contributed by atoms with Crippen molar-refractivity contribution in [1.29, 1.82) is 0 Å². The quantitative estimate of drug-likeness (QED) is 0.900. The van der Waals surface area contributed by atoms with Crippen LogP contribution in [0.15, 0.2) is 18.2 Å². The van der Waals surface area contributed by atoms with Gasteiger partial charge in [-0.1, -0.05) is 0 Å². The standard InChI is InChI=1S/C15H19FN2O2/c16-11-4-5-14(13(9-11)15(19)20)18-8-2-7-17-6-1-3-12(17)10-18/h4-5,9,12H,1-3,6-8,10H2,(H,19,20). The molecule has 2 fully saturated rings. The third kappa shape index (κ3) is 2.50. The van der Waals surface area contributed by atoms with E-state index in [-0.39, 0.29) is 5.56 Å². The second-order valence-corrected chi connectivity index (χ2v) is 5.60. The van der Waals surface area contributed by atoms with Crippen LogP contribution in [0.3, 0.4) is 0 Å². The van der Waals surface area contributed by atoms with E-state index in [2.05, 4.69) is 9.80 Å². The van der Waals surface area contributed by atoms with E-state index in [1.807, 2.05) is 0 Å². The Bertz CT molecular complexity index is 521. The summed E-state index contributed by atoms with van der Waals surface area (Å²) in [5.41, 5.74) is 0.712. The monoisotopic (exact) mass is 278 g/mol. The van der Waals surface area contributed by atoms with E-state index in [0.29, 0.717) is 11.7 Å². The van der Waals surface area contributed by atoms with Gasteiger partial charge >= 0.3 is 5.97 Å². The second kappa shape index (κ2) is 5.40. The van der Waals surface area contributed by atoms with E-state index in [0.717, 1.165) is 38.7 Å². The van der Waals surface area contributed by atoms with Gasteiger partial charge < -0.3 is 10.0 Å². The van der Waals surface area contributed by atoms with Crippen LogP contribution in [0.4, 0.5) is 10.1 Å². The van der Waals surface area contributed by atoms with Crippen molar-refractivity contribution in [3.8, 4) is 0 Å². The number of carbonyl (C=O) groups is 1. The van der Waals surface area contributed by atoms with Crippen LogP contribution >= 0.6 is 0 Å². The summed E-state index contributed by atoms with van der Waals surface area (Å²) >= 11 is 0. The molecule has 1 aromatic rings. The Hall–Kier alpha value is -1.62. The van der Waals surface area contributed by atoms with Gasteiger partial charge in [0, 0.05) is 25.7 Å². The lowest BCUT2D eigenvalue weighted by molar-refractivity contribution is 0.0697. The molecule has 2 aliphatic heterocycles. The van der Waals surface area contributed by atoms with Crippen molar-refractivity contribution >= 4 is 11.7 Å². The number of halogens is 1. The fraction of sp³-hybridized carbons (Fsp3) is 0.533. The fourth-order valence-corrected chi connectivity index (χ4v) is 3.38. The largest absolute Gasteiger partial charge is 0.478 e. The number of benzene rings is 1. The van der Waals surface area contributed by atoms with Crippen molar-refractivity contribution in [2.45, 2.75) is 25.3 Å². The number of nitrogens with zero attached hydrogens (tertiary/aromatic N) is 2. The Balaban J connectivity index is 1.89. The van der Waals surface area contributed by atoms with Crippen molar-refractivity contribution in [3.63, 3.8) is 0 Å². The molecule has 1 aromatic carbocycles. The van der Waals surface area contributed by atoms with Crippen molar-refractivity contribution in [2.24, 2.45) is 0 Å². The maximum atomic E-state index is 13.3. The van der Waals surface area contributed by atoms with Crippen LogP contribution in [0.2, 0.25) is 0 Å². The number of fused-ring (bicyclic) bond motifs is 1. The molecule has 108 valence electrons. The second-order valence-electron chi connectivity index (χ2n) is 5.60. The first kappa shape index (κ1) is 13.4. The van der Waals surface area contributed by atoms with Crippen LogP contribution in [-0.2, 0) is 0 Å². The Morgan fingerprint density at radius 3 is 2.85 bits per heavy atom. The molecular weight excluding hydrogens is 259 g/mol. The minimum atomic E-state index is -1.06. The number of hydrogen-bond acceptors (Lipinski definition) is 3. The summed E-state index contributed by atoms with van der Waals surface area (Å²) in [6.07, 6.45) is 3.40. The molecule has 2 aliphatic rings. The Labute approximate surface area is 117 Å². The van der Waals surface area contributed by atoms with Crippen LogP contribution in [0.25, 0.3) is 0 Å². The molecule has 3 rings (SSSR count). The summed E-state index contributed by atoms with van der Waals surface area (Å²) in [5.74, 6) is -1.56. The molecule has 0 spiro atoms. The van der Waals surface area contributed by atoms with Gasteiger partial charge in [-0.2, -0.15) is 0 Å². The van der Waals surface area contributed by atoms with Gasteiger partial charge in [0.1, 0.15) is 5.82 Å². The molecule has 0 bridgehead atoms. The van der Waals surface area contributed by atoms with Gasteiger partial charge in [0.05, 0.1) is 11.3 Å². The SMILES string of the molecule is O=C(O)c1cc(F)ccc1N1CCCN2CCCC2C1. The maximum absolute atomic E-state index is 13.3. The molecule has 0 aliphatic carbocycles. The smallest absolute Gasteiger partial charge is 0.337 e. The normalized spacial score (nSPS) is 23.4. The lowest BCUT2D eigenvalue weighted by atomic mass is 10.1. The Kier molecular flexibility index (Phi) is 3.61. The molecule has 2 heterocycles. The van der Waals surface area contributed by atoms with Crippen molar-refractivity contribution in [2.75, 3.05) is 31.1 Å². The third-order valence-electron chi connectivity index (χ3n) is 4.33. The molecule has 0 radical (unpaired) electrons. The average Bonchev–Trinajstić information content (AvgIpc) is 2.76. The molecule has 0 aromatic heterocycles. The average molecular weight is 278 g/mol. The molecule has 0 amide bonds. The van der Waals surface area contributed by atoms with E-state index in [9.17, 15) is 14.3 Å². The van der Waals surface area contributed by atoms with Crippen LogP contribution in [0.1, 0.15) is 29.6 Å². The number of hydrogen-bond donors (Lipinski definition) is 1. The summed E-state index contributed by atoms with van der Waals surface area (Å²) in [5, 5.41) is 9.27. The topological polar surface area (TPSA) is 43.8 Å². The zero-order valence-corrected chi connectivity index (χ0v) is 11.4. The molecule has 1 unspecified atom stereocenters. The predicted octanol–water partition coefficient (Wildman–Crippen LogP) is 2.20. The van der Waals surface area contributed by atoms with Crippen LogP contribution < -0.4 is 4.90 Å². The minimum Gasteiger partial charge on any atom is -0.478 e. The lowest BCUT2D eigenvalue weighted by Crippen LogP contribution is -2.37. The van der Waals surface area contributed by atoms with Gasteiger partial charge in [0.25, 0.3) is 0 Å². The summed E-state index contributed by atoms with van der Waals surface area (Å²) in [4.78, 5) is 15.9. The van der Waals surface area contributed by atoms with Gasteiger partial charge in [-0.25, -0.2) is 9.18 Å². The molecule has 2 saturated heterocycles. The van der Waals surface area contributed by atoms with Gasteiger partial charge in [-0.3, -0.25) is 4.90 Å². The maximum Gasteiger partial charge on any atom is 0.337 e.